The molecular weight excluding hydrogens is 400 g/mol. The van der Waals surface area contributed by atoms with Crippen molar-refractivity contribution >= 4 is 21.6 Å². The third kappa shape index (κ3) is 5.10. The Morgan fingerprint density at radius 3 is 2.73 bits per heavy atom. The van der Waals surface area contributed by atoms with E-state index >= 15 is 0 Å². The van der Waals surface area contributed by atoms with Crippen LogP contribution in [0.25, 0.3) is 0 Å². The zero-order valence-corrected chi connectivity index (χ0v) is 18.3. The molecule has 1 N–H and O–H groups in total. The van der Waals surface area contributed by atoms with Gasteiger partial charge in [0.15, 0.2) is 9.84 Å². The zero-order chi connectivity index (χ0) is 21.1. The Morgan fingerprint density at radius 2 is 2.00 bits per heavy atom. The number of carbonyl (C=O) groups excluding carboxylic acids is 1. The Labute approximate surface area is 178 Å². The fraction of sp³-hybridized carbons (Fsp3) is 0.545. The summed E-state index contributed by atoms with van der Waals surface area (Å²) in [7, 11) is -3.02. The quantitative estimate of drug-likeness (QED) is 0.762. The van der Waals surface area contributed by atoms with Gasteiger partial charge >= 0.3 is 0 Å². The number of hydrogen-bond acceptors (Lipinski definition) is 5. The molecule has 2 saturated heterocycles. The van der Waals surface area contributed by atoms with E-state index in [-0.39, 0.29) is 23.5 Å². The highest BCUT2D eigenvalue weighted by Crippen LogP contribution is 2.27. The van der Waals surface area contributed by atoms with Gasteiger partial charge < -0.3 is 5.32 Å². The van der Waals surface area contributed by atoms with Crippen LogP contribution in [0.2, 0.25) is 0 Å². The van der Waals surface area contributed by atoms with Crippen molar-refractivity contribution in [3.05, 3.63) is 47.7 Å². The first-order valence-corrected chi connectivity index (χ1v) is 12.6. The van der Waals surface area contributed by atoms with Gasteiger partial charge in [0, 0.05) is 12.1 Å². The topological polar surface area (TPSA) is 84.3 Å². The fourth-order valence-corrected chi connectivity index (χ4v) is 6.30. The van der Waals surface area contributed by atoms with E-state index in [9.17, 15) is 13.2 Å². The van der Waals surface area contributed by atoms with Crippen molar-refractivity contribution in [2.75, 3.05) is 29.9 Å². The van der Waals surface area contributed by atoms with Crippen LogP contribution in [0, 0.1) is 6.92 Å². The van der Waals surface area contributed by atoms with E-state index in [1.54, 1.807) is 4.68 Å². The first kappa shape index (κ1) is 21.1. The molecule has 2 unspecified atom stereocenters. The third-order valence-corrected chi connectivity index (χ3v) is 7.84. The molecule has 4 rings (SSSR count). The molecular formula is C22H30N4O3S. The highest BCUT2D eigenvalue weighted by molar-refractivity contribution is 7.91. The number of hydrogen-bond donors (Lipinski definition) is 1. The fourth-order valence-electron chi connectivity index (χ4n) is 4.61. The highest BCUT2D eigenvalue weighted by Gasteiger charge is 2.32. The van der Waals surface area contributed by atoms with Crippen LogP contribution in [-0.2, 0) is 21.1 Å². The van der Waals surface area contributed by atoms with E-state index in [1.807, 2.05) is 19.1 Å². The number of benzene rings is 1. The van der Waals surface area contributed by atoms with Crippen LogP contribution in [0.3, 0.4) is 0 Å². The van der Waals surface area contributed by atoms with Gasteiger partial charge in [-0.15, -0.1) is 0 Å². The lowest BCUT2D eigenvalue weighted by Crippen LogP contribution is -2.45. The van der Waals surface area contributed by atoms with Gasteiger partial charge in [-0.3, -0.25) is 9.69 Å². The van der Waals surface area contributed by atoms with Crippen molar-refractivity contribution in [3.8, 4) is 0 Å². The van der Waals surface area contributed by atoms with Crippen molar-refractivity contribution in [1.29, 1.82) is 0 Å². The summed E-state index contributed by atoms with van der Waals surface area (Å²) < 4.78 is 25.4. The van der Waals surface area contributed by atoms with E-state index in [2.05, 4.69) is 39.6 Å². The molecule has 2 atom stereocenters. The van der Waals surface area contributed by atoms with Gasteiger partial charge in [0.2, 0.25) is 5.91 Å². The summed E-state index contributed by atoms with van der Waals surface area (Å²) in [6, 6.07) is 12.4. The van der Waals surface area contributed by atoms with Crippen LogP contribution < -0.4 is 5.32 Å². The molecule has 0 aliphatic carbocycles. The molecule has 0 saturated carbocycles. The first-order chi connectivity index (χ1) is 14.4. The standard InChI is InChI=1S/C22H30N4O3S/c1-17-13-21(26(24-17)20-10-12-30(28,29)16-20)23-22(27)15-25-11-6-5-9-19(25)14-18-7-3-2-4-8-18/h2-4,7-8,13,19-20H,5-6,9-12,14-16H2,1H3,(H,23,27). The minimum Gasteiger partial charge on any atom is -0.310 e. The van der Waals surface area contributed by atoms with E-state index < -0.39 is 9.84 Å². The highest BCUT2D eigenvalue weighted by atomic mass is 32.2. The van der Waals surface area contributed by atoms with Gasteiger partial charge in [0.25, 0.3) is 0 Å². The smallest absolute Gasteiger partial charge is 0.239 e. The molecule has 2 fully saturated rings. The van der Waals surface area contributed by atoms with Gasteiger partial charge in [-0.05, 0) is 44.7 Å². The monoisotopic (exact) mass is 430 g/mol. The normalized spacial score (nSPS) is 24.0. The summed E-state index contributed by atoms with van der Waals surface area (Å²) in [6.45, 7) is 3.12. The van der Waals surface area contributed by atoms with Crippen molar-refractivity contribution in [1.82, 2.24) is 14.7 Å². The molecule has 1 aromatic heterocycles. The average Bonchev–Trinajstić information content (AvgIpc) is 3.25. The predicted octanol–water partition coefficient (Wildman–Crippen LogP) is 2.59. The van der Waals surface area contributed by atoms with E-state index in [4.69, 9.17) is 0 Å². The van der Waals surface area contributed by atoms with Gasteiger partial charge in [0.05, 0.1) is 29.8 Å². The number of sulfone groups is 1. The number of aryl methyl sites for hydroxylation is 1. The second-order valence-electron chi connectivity index (χ2n) is 8.53. The summed E-state index contributed by atoms with van der Waals surface area (Å²) in [5.74, 6) is 0.787. The van der Waals surface area contributed by atoms with Crippen molar-refractivity contribution < 1.29 is 13.2 Å². The molecule has 2 aromatic rings. The van der Waals surface area contributed by atoms with Crippen molar-refractivity contribution in [2.45, 2.75) is 51.1 Å². The molecule has 2 aliphatic rings. The van der Waals surface area contributed by atoms with Gasteiger partial charge in [-0.25, -0.2) is 13.1 Å². The molecule has 7 nitrogen and oxygen atoms in total. The Morgan fingerprint density at radius 1 is 1.20 bits per heavy atom. The summed E-state index contributed by atoms with van der Waals surface area (Å²) in [5, 5.41) is 7.45. The maximum absolute atomic E-state index is 12.9. The molecule has 2 aliphatic heterocycles. The van der Waals surface area contributed by atoms with Crippen LogP contribution in [-0.4, -0.2) is 59.6 Å². The molecule has 0 spiro atoms. The molecule has 3 heterocycles. The zero-order valence-electron chi connectivity index (χ0n) is 17.5. The number of nitrogens with zero attached hydrogens (tertiary/aromatic N) is 3. The molecule has 8 heteroatoms. The molecule has 1 amide bonds. The van der Waals surface area contributed by atoms with Crippen molar-refractivity contribution in [3.63, 3.8) is 0 Å². The summed E-state index contributed by atoms with van der Waals surface area (Å²) >= 11 is 0. The number of nitrogens with one attached hydrogen (secondary N) is 1. The Hall–Kier alpha value is -2.19. The first-order valence-electron chi connectivity index (χ1n) is 10.7. The van der Waals surface area contributed by atoms with Gasteiger partial charge in [-0.1, -0.05) is 36.8 Å². The lowest BCUT2D eigenvalue weighted by molar-refractivity contribution is -0.118. The summed E-state index contributed by atoms with van der Waals surface area (Å²) in [4.78, 5) is 15.1. The SMILES string of the molecule is Cc1cc(NC(=O)CN2CCCCC2Cc2ccccc2)n(C2CCS(=O)(=O)C2)n1. The Balaban J connectivity index is 1.41. The van der Waals surface area contributed by atoms with Crippen LogP contribution in [0.15, 0.2) is 36.4 Å². The third-order valence-electron chi connectivity index (χ3n) is 6.09. The van der Waals surface area contributed by atoms with E-state index in [0.29, 0.717) is 24.8 Å². The van der Waals surface area contributed by atoms with Crippen LogP contribution in [0.5, 0.6) is 0 Å². The average molecular weight is 431 g/mol. The maximum atomic E-state index is 12.9. The lowest BCUT2D eigenvalue weighted by atomic mass is 9.95. The van der Waals surface area contributed by atoms with Gasteiger partial charge in [-0.2, -0.15) is 5.10 Å². The Kier molecular flexibility index (Phi) is 6.24. The van der Waals surface area contributed by atoms with Crippen molar-refractivity contribution in [2.24, 2.45) is 0 Å². The summed E-state index contributed by atoms with van der Waals surface area (Å²) in [6.07, 6.45) is 4.88. The number of carbonyl (C=O) groups is 1. The van der Waals surface area contributed by atoms with E-state index in [1.165, 1.54) is 12.0 Å². The molecule has 0 radical (unpaired) electrons. The number of likely N-dealkylation sites (tertiary alicyclic amines) is 1. The second-order valence-corrected chi connectivity index (χ2v) is 10.8. The number of aromatic nitrogens is 2. The summed E-state index contributed by atoms with van der Waals surface area (Å²) in [5.41, 5.74) is 2.07. The largest absolute Gasteiger partial charge is 0.310 e. The second kappa shape index (κ2) is 8.89. The number of anilines is 1. The number of piperidine rings is 1. The minimum absolute atomic E-state index is 0.0723. The molecule has 0 bridgehead atoms. The van der Waals surface area contributed by atoms with Crippen LogP contribution >= 0.6 is 0 Å². The van der Waals surface area contributed by atoms with E-state index in [0.717, 1.165) is 31.5 Å². The predicted molar refractivity (Wildman–Crippen MR) is 117 cm³/mol. The number of rotatable bonds is 6. The molecule has 162 valence electrons. The minimum atomic E-state index is -3.02. The molecule has 1 aromatic carbocycles. The maximum Gasteiger partial charge on any atom is 0.239 e. The lowest BCUT2D eigenvalue weighted by Gasteiger charge is -2.35. The van der Waals surface area contributed by atoms with Crippen LogP contribution in [0.4, 0.5) is 5.82 Å². The Bertz CT molecular complexity index is 987. The number of amides is 1. The van der Waals surface area contributed by atoms with Gasteiger partial charge in [0.1, 0.15) is 5.82 Å². The molecule has 30 heavy (non-hydrogen) atoms. The van der Waals surface area contributed by atoms with Crippen LogP contribution in [0.1, 0.15) is 43.0 Å².